The molecule has 22 heavy (non-hydrogen) atoms. The first-order valence-electron chi connectivity index (χ1n) is 7.44. The number of aromatic nitrogens is 4. The number of hydrogen-bond donors (Lipinski definition) is 0. The maximum atomic E-state index is 4.63. The van der Waals surface area contributed by atoms with Crippen molar-refractivity contribution in [2.45, 2.75) is 19.9 Å². The Kier molecular flexibility index (Phi) is 3.48. The highest BCUT2D eigenvalue weighted by molar-refractivity contribution is 7.17. The molecule has 0 aliphatic carbocycles. The van der Waals surface area contributed by atoms with Gasteiger partial charge in [-0.3, -0.25) is 4.90 Å². The summed E-state index contributed by atoms with van der Waals surface area (Å²) in [6.07, 6.45) is 3.34. The van der Waals surface area contributed by atoms with Crippen molar-refractivity contribution in [2.75, 3.05) is 13.1 Å². The van der Waals surface area contributed by atoms with Crippen molar-refractivity contribution in [1.82, 2.24) is 24.7 Å². The highest BCUT2D eigenvalue weighted by Gasteiger charge is 2.17. The third-order valence-corrected chi connectivity index (χ3v) is 4.94. The van der Waals surface area contributed by atoms with Crippen molar-refractivity contribution in [3.8, 4) is 0 Å². The molecule has 4 rings (SSSR count). The zero-order valence-corrected chi connectivity index (χ0v) is 13.3. The van der Waals surface area contributed by atoms with E-state index in [1.807, 2.05) is 11.4 Å². The van der Waals surface area contributed by atoms with Crippen molar-refractivity contribution in [1.29, 1.82) is 0 Å². The summed E-state index contributed by atoms with van der Waals surface area (Å²) in [5, 5.41) is 13.9. The topological polar surface area (TPSA) is 46.3 Å². The second kappa shape index (κ2) is 5.62. The Morgan fingerprint density at radius 2 is 2.05 bits per heavy atom. The van der Waals surface area contributed by atoms with Gasteiger partial charge in [0, 0.05) is 19.6 Å². The first-order valence-corrected chi connectivity index (χ1v) is 8.26. The molecule has 6 heteroatoms. The van der Waals surface area contributed by atoms with Crippen molar-refractivity contribution >= 4 is 21.9 Å². The molecule has 1 aliphatic heterocycles. The summed E-state index contributed by atoms with van der Waals surface area (Å²) < 4.78 is 1.83. The van der Waals surface area contributed by atoms with Crippen LogP contribution >= 0.6 is 11.3 Å². The lowest BCUT2D eigenvalue weighted by Gasteiger charge is -2.25. The van der Waals surface area contributed by atoms with Gasteiger partial charge in [0.1, 0.15) is 5.01 Å². The van der Waals surface area contributed by atoms with Crippen LogP contribution in [-0.2, 0) is 6.54 Å². The lowest BCUT2D eigenvalue weighted by atomic mass is 10.1. The fraction of sp³-hybridized carbons (Fsp3) is 0.312. The number of aryl methyl sites for hydroxylation is 1. The van der Waals surface area contributed by atoms with Gasteiger partial charge in [-0.2, -0.15) is 9.61 Å². The number of rotatable bonds is 3. The van der Waals surface area contributed by atoms with Gasteiger partial charge in [0.25, 0.3) is 0 Å². The summed E-state index contributed by atoms with van der Waals surface area (Å²) in [7, 11) is 0. The number of benzene rings is 1. The van der Waals surface area contributed by atoms with E-state index in [4.69, 9.17) is 0 Å². The Bertz CT molecular complexity index is 818. The minimum Gasteiger partial charge on any atom is -0.295 e. The minimum absolute atomic E-state index is 0.847. The first kappa shape index (κ1) is 13.6. The van der Waals surface area contributed by atoms with Crippen LogP contribution in [0.3, 0.4) is 0 Å². The van der Waals surface area contributed by atoms with Crippen LogP contribution in [0, 0.1) is 6.92 Å². The van der Waals surface area contributed by atoms with Gasteiger partial charge in [0.05, 0.1) is 0 Å². The molecule has 5 nitrogen and oxygen atoms in total. The third-order valence-electron chi connectivity index (χ3n) is 3.96. The van der Waals surface area contributed by atoms with E-state index < -0.39 is 0 Å². The zero-order chi connectivity index (χ0) is 14.9. The van der Waals surface area contributed by atoms with Gasteiger partial charge in [-0.25, -0.2) is 0 Å². The lowest BCUT2D eigenvalue weighted by molar-refractivity contribution is 0.294. The summed E-state index contributed by atoms with van der Waals surface area (Å²) in [5.74, 6) is 0.847. The zero-order valence-electron chi connectivity index (χ0n) is 12.4. The largest absolute Gasteiger partial charge is 0.295 e. The molecular formula is C16H17N5S. The lowest BCUT2D eigenvalue weighted by Crippen LogP contribution is -2.27. The first-order chi connectivity index (χ1) is 10.8. The van der Waals surface area contributed by atoms with E-state index in [1.54, 1.807) is 11.3 Å². The summed E-state index contributed by atoms with van der Waals surface area (Å²) in [5.41, 5.74) is 2.70. The van der Waals surface area contributed by atoms with Crippen LogP contribution in [0.1, 0.15) is 22.8 Å². The maximum absolute atomic E-state index is 4.63. The third kappa shape index (κ3) is 2.55. The SMILES string of the molecule is Cc1nnc2sc(C3=CCN(Cc4ccccc4)CC3)nn12. The minimum atomic E-state index is 0.847. The summed E-state index contributed by atoms with van der Waals surface area (Å²) in [6, 6.07) is 10.6. The molecule has 1 aliphatic rings. The van der Waals surface area contributed by atoms with Crippen LogP contribution in [-0.4, -0.2) is 37.8 Å². The molecular weight excluding hydrogens is 294 g/mol. The van der Waals surface area contributed by atoms with Gasteiger partial charge in [0.2, 0.25) is 4.96 Å². The van der Waals surface area contributed by atoms with Crippen molar-refractivity contribution in [3.63, 3.8) is 0 Å². The van der Waals surface area contributed by atoms with E-state index in [2.05, 4.69) is 56.6 Å². The molecule has 0 atom stereocenters. The Hall–Kier alpha value is -2.05. The maximum Gasteiger partial charge on any atom is 0.234 e. The molecule has 3 aromatic rings. The van der Waals surface area contributed by atoms with E-state index in [1.165, 1.54) is 11.1 Å². The second-order valence-corrected chi connectivity index (χ2v) is 6.50. The molecule has 0 spiro atoms. The van der Waals surface area contributed by atoms with Crippen molar-refractivity contribution in [2.24, 2.45) is 0 Å². The molecule has 0 fully saturated rings. The molecule has 0 saturated carbocycles. The van der Waals surface area contributed by atoms with Gasteiger partial charge >= 0.3 is 0 Å². The predicted octanol–water partition coefficient (Wildman–Crippen LogP) is 2.78. The Morgan fingerprint density at radius 3 is 2.77 bits per heavy atom. The molecule has 0 amide bonds. The van der Waals surface area contributed by atoms with Crippen LogP contribution in [0.25, 0.3) is 10.5 Å². The van der Waals surface area contributed by atoms with Crippen LogP contribution in [0.15, 0.2) is 36.4 Å². The van der Waals surface area contributed by atoms with Gasteiger partial charge < -0.3 is 0 Å². The average molecular weight is 311 g/mol. The van der Waals surface area contributed by atoms with Gasteiger partial charge in [0.15, 0.2) is 5.82 Å². The molecule has 0 unspecified atom stereocenters. The fourth-order valence-corrected chi connectivity index (χ4v) is 3.69. The Morgan fingerprint density at radius 1 is 1.18 bits per heavy atom. The normalized spacial score (nSPS) is 16.1. The van der Waals surface area contributed by atoms with E-state index >= 15 is 0 Å². The van der Waals surface area contributed by atoms with E-state index in [0.717, 1.165) is 41.8 Å². The van der Waals surface area contributed by atoms with Crippen LogP contribution in [0.2, 0.25) is 0 Å². The number of hydrogen-bond acceptors (Lipinski definition) is 5. The van der Waals surface area contributed by atoms with Crippen LogP contribution in [0.5, 0.6) is 0 Å². The molecule has 1 aromatic carbocycles. The van der Waals surface area contributed by atoms with E-state index in [9.17, 15) is 0 Å². The second-order valence-electron chi connectivity index (χ2n) is 5.55. The number of fused-ring (bicyclic) bond motifs is 1. The highest BCUT2D eigenvalue weighted by Crippen LogP contribution is 2.27. The van der Waals surface area contributed by atoms with Crippen LogP contribution in [0.4, 0.5) is 0 Å². The van der Waals surface area contributed by atoms with Gasteiger partial charge in [-0.1, -0.05) is 47.7 Å². The standard InChI is InChI=1S/C16H17N5S/c1-12-17-18-16-21(12)19-15(22-16)14-7-9-20(10-8-14)11-13-5-3-2-4-6-13/h2-7H,8-11H2,1H3. The highest BCUT2D eigenvalue weighted by atomic mass is 32.1. The van der Waals surface area contributed by atoms with Crippen molar-refractivity contribution in [3.05, 3.63) is 52.8 Å². The summed E-state index contributed by atoms with van der Waals surface area (Å²) in [6.45, 7) is 4.98. The molecule has 0 N–H and O–H groups in total. The Balaban J connectivity index is 1.49. The van der Waals surface area contributed by atoms with Crippen molar-refractivity contribution < 1.29 is 0 Å². The fourth-order valence-electron chi connectivity index (χ4n) is 2.74. The molecule has 2 aromatic heterocycles. The molecule has 3 heterocycles. The predicted molar refractivity (Wildman–Crippen MR) is 87.7 cm³/mol. The Labute approximate surface area is 132 Å². The smallest absolute Gasteiger partial charge is 0.234 e. The quantitative estimate of drug-likeness (QED) is 0.746. The molecule has 112 valence electrons. The monoisotopic (exact) mass is 311 g/mol. The van der Waals surface area contributed by atoms with E-state index in [0.29, 0.717) is 0 Å². The number of nitrogens with zero attached hydrogens (tertiary/aromatic N) is 5. The summed E-state index contributed by atoms with van der Waals surface area (Å²) >= 11 is 1.62. The van der Waals surface area contributed by atoms with Gasteiger partial charge in [-0.15, -0.1) is 10.2 Å². The summed E-state index contributed by atoms with van der Waals surface area (Å²) in [4.78, 5) is 3.34. The molecule has 0 bridgehead atoms. The molecule has 0 radical (unpaired) electrons. The molecule has 0 saturated heterocycles. The van der Waals surface area contributed by atoms with Gasteiger partial charge in [-0.05, 0) is 24.5 Å². The average Bonchev–Trinajstić information content (AvgIpc) is 3.12. The van der Waals surface area contributed by atoms with E-state index in [-0.39, 0.29) is 0 Å². The van der Waals surface area contributed by atoms with Crippen LogP contribution < -0.4 is 0 Å².